The molecule has 0 aliphatic rings. The molecule has 174 valence electrons. The third kappa shape index (κ3) is 8.64. The van der Waals surface area contributed by atoms with Gasteiger partial charge in [0, 0.05) is 24.6 Å². The lowest BCUT2D eigenvalue weighted by molar-refractivity contribution is -0.673. The minimum atomic E-state index is -4.27. The van der Waals surface area contributed by atoms with E-state index in [4.69, 9.17) is 14.2 Å². The van der Waals surface area contributed by atoms with Crippen LogP contribution in [-0.2, 0) is 30.9 Å². The molecule has 0 unspecified atom stereocenters. The molecule has 0 bridgehead atoms. The standard InChI is InChI=1S/C17H24NO3.C7H8O3S/c1-15-7-8-18(17-6-4-3-5-16(15)17)9-10-20-13-14-21-12-11-19-2;1-6-2-4-7(5-3-6)11(8,9)10/h3-8H,9-14H2,1-2H3;2-5H,1H3,(H,8,9,10)/q+1;/p-1. The van der Waals surface area contributed by atoms with Gasteiger partial charge in [0.25, 0.3) is 0 Å². The number of pyridine rings is 1. The van der Waals surface area contributed by atoms with Crippen LogP contribution in [0.4, 0.5) is 0 Å². The van der Waals surface area contributed by atoms with Gasteiger partial charge in [0.15, 0.2) is 12.7 Å². The summed E-state index contributed by atoms with van der Waals surface area (Å²) in [4.78, 5) is -0.178. The second-order valence-electron chi connectivity index (χ2n) is 7.19. The summed E-state index contributed by atoms with van der Waals surface area (Å²) in [7, 11) is -2.60. The van der Waals surface area contributed by atoms with Crippen LogP contribution in [0.1, 0.15) is 11.1 Å². The van der Waals surface area contributed by atoms with Crippen LogP contribution < -0.4 is 4.57 Å². The van der Waals surface area contributed by atoms with Crippen molar-refractivity contribution >= 4 is 21.0 Å². The largest absolute Gasteiger partial charge is 0.744 e. The topological polar surface area (TPSA) is 88.8 Å². The number of hydrogen-bond acceptors (Lipinski definition) is 6. The fraction of sp³-hybridized carbons (Fsp3) is 0.375. The molecule has 0 amide bonds. The maximum atomic E-state index is 10.4. The molecule has 0 fully saturated rings. The summed E-state index contributed by atoms with van der Waals surface area (Å²) < 4.78 is 49.3. The predicted octanol–water partition coefficient (Wildman–Crippen LogP) is 3.01. The average Bonchev–Trinajstić information content (AvgIpc) is 2.77. The number of hydrogen-bond donors (Lipinski definition) is 0. The van der Waals surface area contributed by atoms with E-state index in [-0.39, 0.29) is 4.90 Å². The normalized spacial score (nSPS) is 11.2. The summed E-state index contributed by atoms with van der Waals surface area (Å²) in [5, 5.41) is 1.29. The van der Waals surface area contributed by atoms with Crippen molar-refractivity contribution < 1.29 is 31.7 Å². The maximum Gasteiger partial charge on any atom is 0.212 e. The summed E-state index contributed by atoms with van der Waals surface area (Å²) in [6.07, 6.45) is 2.12. The van der Waals surface area contributed by atoms with E-state index in [1.165, 1.54) is 28.6 Å². The highest BCUT2D eigenvalue weighted by molar-refractivity contribution is 7.85. The molecule has 0 aliphatic carbocycles. The van der Waals surface area contributed by atoms with Crippen LogP contribution in [0.3, 0.4) is 0 Å². The van der Waals surface area contributed by atoms with Crippen LogP contribution in [0, 0.1) is 13.8 Å². The molecule has 0 atom stereocenters. The third-order valence-electron chi connectivity index (χ3n) is 4.73. The molecule has 0 saturated heterocycles. The third-order valence-corrected chi connectivity index (χ3v) is 5.58. The summed E-state index contributed by atoms with van der Waals surface area (Å²) in [5.74, 6) is 0. The van der Waals surface area contributed by atoms with Crippen molar-refractivity contribution in [2.24, 2.45) is 0 Å². The minimum absolute atomic E-state index is 0.178. The number of rotatable bonds is 10. The monoisotopic (exact) mass is 461 g/mol. The zero-order valence-corrected chi connectivity index (χ0v) is 19.6. The summed E-state index contributed by atoms with van der Waals surface area (Å²) in [6.45, 7) is 7.98. The highest BCUT2D eigenvalue weighted by Crippen LogP contribution is 2.13. The number of benzene rings is 2. The molecule has 32 heavy (non-hydrogen) atoms. The van der Waals surface area contributed by atoms with Gasteiger partial charge in [-0.2, -0.15) is 4.57 Å². The van der Waals surface area contributed by atoms with Gasteiger partial charge in [-0.25, -0.2) is 8.42 Å². The molecule has 2 aromatic carbocycles. The van der Waals surface area contributed by atoms with Gasteiger partial charge in [0.05, 0.1) is 31.3 Å². The Balaban J connectivity index is 0.000000278. The first kappa shape index (κ1) is 25.9. The van der Waals surface area contributed by atoms with Crippen LogP contribution in [-0.4, -0.2) is 53.1 Å². The fourth-order valence-corrected chi connectivity index (χ4v) is 3.43. The maximum absolute atomic E-state index is 10.4. The van der Waals surface area contributed by atoms with Crippen molar-refractivity contribution in [2.75, 3.05) is 40.1 Å². The highest BCUT2D eigenvalue weighted by atomic mass is 32.2. The Morgan fingerprint density at radius 1 is 0.844 bits per heavy atom. The fourth-order valence-electron chi connectivity index (χ4n) is 2.96. The molecule has 1 aromatic heterocycles. The van der Waals surface area contributed by atoms with E-state index in [0.29, 0.717) is 33.0 Å². The number of methoxy groups -OCH3 is 1. The zero-order chi connectivity index (χ0) is 23.4. The first-order chi connectivity index (χ1) is 15.3. The zero-order valence-electron chi connectivity index (χ0n) is 18.8. The Morgan fingerprint density at radius 3 is 2.12 bits per heavy atom. The molecular weight excluding hydrogens is 430 g/mol. The molecule has 7 nitrogen and oxygen atoms in total. The van der Waals surface area contributed by atoms with Gasteiger partial charge in [-0.1, -0.05) is 29.8 Å². The van der Waals surface area contributed by atoms with Gasteiger partial charge in [0.1, 0.15) is 16.7 Å². The lowest BCUT2D eigenvalue weighted by Gasteiger charge is -2.06. The lowest BCUT2D eigenvalue weighted by atomic mass is 10.1. The molecule has 0 aliphatic heterocycles. The molecule has 8 heteroatoms. The number of aryl methyl sites for hydroxylation is 2. The minimum Gasteiger partial charge on any atom is -0.744 e. The van der Waals surface area contributed by atoms with E-state index in [1.807, 2.05) is 6.92 Å². The summed E-state index contributed by atoms with van der Waals surface area (Å²) >= 11 is 0. The summed E-state index contributed by atoms with van der Waals surface area (Å²) in [5.41, 5.74) is 3.48. The predicted molar refractivity (Wildman–Crippen MR) is 122 cm³/mol. The first-order valence-electron chi connectivity index (χ1n) is 10.4. The molecule has 3 rings (SSSR count). The number of para-hydroxylation sites is 1. The number of aromatic nitrogens is 1. The van der Waals surface area contributed by atoms with E-state index in [0.717, 1.165) is 12.1 Å². The molecule has 0 N–H and O–H groups in total. The van der Waals surface area contributed by atoms with Crippen molar-refractivity contribution in [3.63, 3.8) is 0 Å². The van der Waals surface area contributed by atoms with Gasteiger partial charge in [-0.3, -0.25) is 0 Å². The Hall–Kier alpha value is -2.36. The molecule has 0 spiro atoms. The average molecular weight is 462 g/mol. The molecule has 0 saturated carbocycles. The molecular formula is C24H31NO6S. The Morgan fingerprint density at radius 2 is 1.47 bits per heavy atom. The van der Waals surface area contributed by atoms with Gasteiger partial charge in [-0.15, -0.1) is 0 Å². The van der Waals surface area contributed by atoms with Gasteiger partial charge < -0.3 is 18.8 Å². The number of fused-ring (bicyclic) bond motifs is 1. The van der Waals surface area contributed by atoms with Crippen LogP contribution in [0.25, 0.3) is 10.9 Å². The van der Waals surface area contributed by atoms with Crippen molar-refractivity contribution in [2.45, 2.75) is 25.3 Å². The highest BCUT2D eigenvalue weighted by Gasteiger charge is 2.09. The Labute approximate surface area is 190 Å². The van der Waals surface area contributed by atoms with Crippen LogP contribution in [0.5, 0.6) is 0 Å². The van der Waals surface area contributed by atoms with Crippen molar-refractivity contribution in [3.8, 4) is 0 Å². The van der Waals surface area contributed by atoms with E-state index < -0.39 is 10.1 Å². The smallest absolute Gasteiger partial charge is 0.212 e. The number of nitrogens with zero attached hydrogens (tertiary/aromatic N) is 1. The van der Waals surface area contributed by atoms with Crippen LogP contribution in [0.15, 0.2) is 65.7 Å². The van der Waals surface area contributed by atoms with Crippen LogP contribution in [0.2, 0.25) is 0 Å². The second kappa shape index (κ2) is 13.2. The summed E-state index contributed by atoms with van der Waals surface area (Å²) in [6, 6.07) is 16.4. The second-order valence-corrected chi connectivity index (χ2v) is 8.57. The van der Waals surface area contributed by atoms with Gasteiger partial charge >= 0.3 is 0 Å². The van der Waals surface area contributed by atoms with Crippen molar-refractivity contribution in [3.05, 3.63) is 71.9 Å². The molecule has 0 radical (unpaired) electrons. The lowest BCUT2D eigenvalue weighted by Crippen LogP contribution is -2.36. The van der Waals surface area contributed by atoms with Gasteiger partial charge in [0.2, 0.25) is 5.52 Å². The molecule has 1 heterocycles. The molecule has 3 aromatic rings. The Kier molecular flexibility index (Phi) is 10.7. The van der Waals surface area contributed by atoms with Crippen molar-refractivity contribution in [1.29, 1.82) is 0 Å². The van der Waals surface area contributed by atoms with Crippen molar-refractivity contribution in [1.82, 2.24) is 0 Å². The SMILES string of the molecule is COCCOCCOCC[n+]1ccc(C)c2ccccc21.Cc1ccc(S(=O)(=O)[O-])cc1. The Bertz CT molecular complexity index is 1070. The van der Waals surface area contributed by atoms with E-state index in [1.54, 1.807) is 19.2 Å². The quantitative estimate of drug-likeness (QED) is 0.262. The van der Waals surface area contributed by atoms with E-state index >= 15 is 0 Å². The van der Waals surface area contributed by atoms with Gasteiger partial charge in [-0.05, 0) is 37.6 Å². The van der Waals surface area contributed by atoms with Crippen LogP contribution >= 0.6 is 0 Å². The number of ether oxygens (including phenoxy) is 3. The van der Waals surface area contributed by atoms with E-state index in [9.17, 15) is 13.0 Å². The van der Waals surface area contributed by atoms with E-state index in [2.05, 4.69) is 48.0 Å². The first-order valence-corrected chi connectivity index (χ1v) is 11.8.